The third kappa shape index (κ3) is 4.02. The summed E-state index contributed by atoms with van der Waals surface area (Å²) in [6, 6.07) is 3.85. The minimum atomic E-state index is -0.575. The van der Waals surface area contributed by atoms with E-state index in [4.69, 9.17) is 0 Å². The lowest BCUT2D eigenvalue weighted by Crippen LogP contribution is -2.43. The Bertz CT molecular complexity index is 349. The summed E-state index contributed by atoms with van der Waals surface area (Å²) in [7, 11) is 0. The first kappa shape index (κ1) is 12.7. The van der Waals surface area contributed by atoms with Crippen molar-refractivity contribution in [3.05, 3.63) is 22.4 Å². The van der Waals surface area contributed by atoms with E-state index in [0.29, 0.717) is 6.54 Å². The molecule has 0 aliphatic heterocycles. The molecule has 0 saturated carbocycles. The number of hydrogen-bond donors (Lipinski definition) is 2. The van der Waals surface area contributed by atoms with E-state index in [1.807, 2.05) is 31.4 Å². The highest BCUT2D eigenvalue weighted by Gasteiger charge is 2.14. The Kier molecular flexibility index (Phi) is 4.98. The van der Waals surface area contributed by atoms with Gasteiger partial charge in [0.15, 0.2) is 0 Å². The molecule has 0 aliphatic rings. The van der Waals surface area contributed by atoms with E-state index in [1.165, 1.54) is 0 Å². The molecule has 16 heavy (non-hydrogen) atoms. The summed E-state index contributed by atoms with van der Waals surface area (Å²) in [4.78, 5) is 23.8. The van der Waals surface area contributed by atoms with Crippen molar-refractivity contribution in [2.75, 3.05) is 0 Å². The van der Waals surface area contributed by atoms with Crippen molar-refractivity contribution in [3.63, 3.8) is 0 Å². The fraction of sp³-hybridized carbons (Fsp3) is 0.455. The number of carbonyl (C=O) groups excluding carboxylic acids is 2. The zero-order chi connectivity index (χ0) is 12.0. The molecular formula is C11H16N2O2S. The zero-order valence-electron chi connectivity index (χ0n) is 9.45. The van der Waals surface area contributed by atoms with Crippen LogP contribution in [0.4, 0.5) is 0 Å². The lowest BCUT2D eigenvalue weighted by Gasteiger charge is -2.10. The van der Waals surface area contributed by atoms with Gasteiger partial charge in [0.25, 0.3) is 0 Å². The number of hydrogen-bond acceptors (Lipinski definition) is 3. The maximum Gasteiger partial charge on any atom is 0.309 e. The van der Waals surface area contributed by atoms with Crippen molar-refractivity contribution in [1.82, 2.24) is 10.6 Å². The molecule has 0 bridgehead atoms. The minimum absolute atomic E-state index is 0.0278. The van der Waals surface area contributed by atoms with Gasteiger partial charge in [-0.15, -0.1) is 11.3 Å². The highest BCUT2D eigenvalue weighted by Crippen LogP contribution is 2.07. The molecule has 88 valence electrons. The summed E-state index contributed by atoms with van der Waals surface area (Å²) in [6.07, 6.45) is 0.809. The van der Waals surface area contributed by atoms with Crippen molar-refractivity contribution in [1.29, 1.82) is 0 Å². The van der Waals surface area contributed by atoms with Crippen molar-refractivity contribution < 1.29 is 9.59 Å². The SMILES string of the molecule is CC[C@@H](C)NC(=O)C(=O)NCc1cccs1. The van der Waals surface area contributed by atoms with Gasteiger partial charge in [0.05, 0.1) is 6.54 Å². The Labute approximate surface area is 99.0 Å². The average molecular weight is 240 g/mol. The third-order valence-corrected chi connectivity index (χ3v) is 3.08. The molecule has 4 nitrogen and oxygen atoms in total. The molecule has 5 heteroatoms. The smallest absolute Gasteiger partial charge is 0.309 e. The predicted octanol–water partition coefficient (Wildman–Crippen LogP) is 1.28. The summed E-state index contributed by atoms with van der Waals surface area (Å²) in [5, 5.41) is 7.12. The van der Waals surface area contributed by atoms with Crippen LogP contribution >= 0.6 is 11.3 Å². The Balaban J connectivity index is 2.32. The van der Waals surface area contributed by atoms with Gasteiger partial charge in [0, 0.05) is 10.9 Å². The van der Waals surface area contributed by atoms with Gasteiger partial charge in [-0.2, -0.15) is 0 Å². The second kappa shape index (κ2) is 6.27. The Morgan fingerprint density at radius 3 is 2.75 bits per heavy atom. The molecule has 0 fully saturated rings. The van der Waals surface area contributed by atoms with Crippen LogP contribution in [0.1, 0.15) is 25.1 Å². The predicted molar refractivity (Wildman–Crippen MR) is 64.1 cm³/mol. The lowest BCUT2D eigenvalue weighted by atomic mass is 10.2. The molecule has 2 N–H and O–H groups in total. The van der Waals surface area contributed by atoms with E-state index in [-0.39, 0.29) is 6.04 Å². The fourth-order valence-corrected chi connectivity index (χ4v) is 1.70. The van der Waals surface area contributed by atoms with Gasteiger partial charge in [0.2, 0.25) is 0 Å². The molecule has 0 spiro atoms. The Morgan fingerprint density at radius 2 is 2.19 bits per heavy atom. The number of carbonyl (C=O) groups is 2. The highest BCUT2D eigenvalue weighted by molar-refractivity contribution is 7.09. The van der Waals surface area contributed by atoms with Gasteiger partial charge >= 0.3 is 11.8 Å². The summed E-state index contributed by atoms with van der Waals surface area (Å²) in [5.41, 5.74) is 0. The van der Waals surface area contributed by atoms with Gasteiger partial charge in [-0.3, -0.25) is 9.59 Å². The normalized spacial score (nSPS) is 11.9. The van der Waals surface area contributed by atoms with E-state index in [1.54, 1.807) is 11.3 Å². The number of nitrogens with one attached hydrogen (secondary N) is 2. The van der Waals surface area contributed by atoms with Crippen LogP contribution < -0.4 is 10.6 Å². The summed E-state index contributed by atoms with van der Waals surface area (Å²) >= 11 is 1.55. The molecule has 1 atom stereocenters. The molecule has 2 amide bonds. The fourth-order valence-electron chi connectivity index (χ4n) is 1.05. The number of rotatable bonds is 4. The van der Waals surface area contributed by atoms with Crippen LogP contribution in [0.25, 0.3) is 0 Å². The van der Waals surface area contributed by atoms with Gasteiger partial charge in [-0.1, -0.05) is 13.0 Å². The van der Waals surface area contributed by atoms with E-state index in [9.17, 15) is 9.59 Å². The maximum absolute atomic E-state index is 11.4. The summed E-state index contributed by atoms with van der Waals surface area (Å²) in [5.74, 6) is -1.14. The average Bonchev–Trinajstić information content (AvgIpc) is 2.78. The second-order valence-electron chi connectivity index (χ2n) is 3.54. The van der Waals surface area contributed by atoms with Gasteiger partial charge in [-0.05, 0) is 24.8 Å². The molecule has 0 unspecified atom stereocenters. The van der Waals surface area contributed by atoms with Crippen molar-refractivity contribution in [2.45, 2.75) is 32.9 Å². The zero-order valence-corrected chi connectivity index (χ0v) is 10.3. The lowest BCUT2D eigenvalue weighted by molar-refractivity contribution is -0.139. The van der Waals surface area contributed by atoms with Crippen molar-refractivity contribution in [2.24, 2.45) is 0 Å². The second-order valence-corrected chi connectivity index (χ2v) is 4.58. The molecule has 1 heterocycles. The molecular weight excluding hydrogens is 224 g/mol. The first-order valence-corrected chi connectivity index (χ1v) is 6.12. The van der Waals surface area contributed by atoms with E-state index in [0.717, 1.165) is 11.3 Å². The molecule has 0 saturated heterocycles. The van der Waals surface area contributed by atoms with Crippen LogP contribution in [0.5, 0.6) is 0 Å². The van der Waals surface area contributed by atoms with E-state index in [2.05, 4.69) is 10.6 Å². The van der Waals surface area contributed by atoms with Gasteiger partial charge in [-0.25, -0.2) is 0 Å². The van der Waals surface area contributed by atoms with Crippen LogP contribution in [0.2, 0.25) is 0 Å². The number of amides is 2. The summed E-state index contributed by atoms with van der Waals surface area (Å²) < 4.78 is 0. The molecule has 1 aromatic heterocycles. The standard InChI is InChI=1S/C11H16N2O2S/c1-3-8(2)13-11(15)10(14)12-7-9-5-4-6-16-9/h4-6,8H,3,7H2,1-2H3,(H,12,14)(H,13,15)/t8-/m1/s1. The van der Waals surface area contributed by atoms with Crippen molar-refractivity contribution in [3.8, 4) is 0 Å². The van der Waals surface area contributed by atoms with Gasteiger partial charge in [0.1, 0.15) is 0 Å². The van der Waals surface area contributed by atoms with E-state index < -0.39 is 11.8 Å². The monoisotopic (exact) mass is 240 g/mol. The van der Waals surface area contributed by atoms with Gasteiger partial charge < -0.3 is 10.6 Å². The largest absolute Gasteiger partial charge is 0.345 e. The molecule has 0 aliphatic carbocycles. The van der Waals surface area contributed by atoms with Crippen LogP contribution in [-0.4, -0.2) is 17.9 Å². The molecule has 1 rings (SSSR count). The van der Waals surface area contributed by atoms with Crippen LogP contribution in [0, 0.1) is 0 Å². The summed E-state index contributed by atoms with van der Waals surface area (Å²) in [6.45, 7) is 4.23. The Hall–Kier alpha value is -1.36. The Morgan fingerprint density at radius 1 is 1.44 bits per heavy atom. The highest BCUT2D eigenvalue weighted by atomic mass is 32.1. The molecule has 1 aromatic rings. The van der Waals surface area contributed by atoms with Crippen LogP contribution in [0.15, 0.2) is 17.5 Å². The van der Waals surface area contributed by atoms with E-state index >= 15 is 0 Å². The first-order chi connectivity index (χ1) is 7.63. The minimum Gasteiger partial charge on any atom is -0.345 e. The topological polar surface area (TPSA) is 58.2 Å². The van der Waals surface area contributed by atoms with Crippen molar-refractivity contribution >= 4 is 23.2 Å². The molecule has 0 radical (unpaired) electrons. The first-order valence-electron chi connectivity index (χ1n) is 5.24. The maximum atomic E-state index is 11.4. The quantitative estimate of drug-likeness (QED) is 0.779. The van der Waals surface area contributed by atoms with Crippen LogP contribution in [-0.2, 0) is 16.1 Å². The molecule has 0 aromatic carbocycles. The third-order valence-electron chi connectivity index (χ3n) is 2.20. The van der Waals surface area contributed by atoms with Crippen LogP contribution in [0.3, 0.4) is 0 Å². The number of thiophene rings is 1.